The maximum absolute atomic E-state index is 12.0. The van der Waals surface area contributed by atoms with E-state index in [0.717, 1.165) is 23.0 Å². The minimum atomic E-state index is 0.0208. The fourth-order valence-electron chi connectivity index (χ4n) is 3.13. The standard InChI is InChI=1S/C15H18N2O/c1-10-14(13-8-5-9-17(13)2)11-6-3-4-7-12(11)15(18)16-10/h3-4,6-7,13H,5,8-9H2,1-2H3,(H,16,18). The number of aryl methyl sites for hydroxylation is 1. The zero-order valence-electron chi connectivity index (χ0n) is 10.9. The second-order valence-electron chi connectivity index (χ2n) is 5.18. The van der Waals surface area contributed by atoms with Crippen LogP contribution in [0.25, 0.3) is 10.8 Å². The van der Waals surface area contributed by atoms with Crippen LogP contribution in [0.15, 0.2) is 29.1 Å². The van der Waals surface area contributed by atoms with E-state index in [-0.39, 0.29) is 5.56 Å². The van der Waals surface area contributed by atoms with Gasteiger partial charge in [0.15, 0.2) is 0 Å². The molecule has 1 aromatic carbocycles. The van der Waals surface area contributed by atoms with Crippen LogP contribution in [0.5, 0.6) is 0 Å². The van der Waals surface area contributed by atoms with Crippen molar-refractivity contribution in [3.05, 3.63) is 45.9 Å². The maximum atomic E-state index is 12.0. The summed E-state index contributed by atoms with van der Waals surface area (Å²) in [7, 11) is 2.16. The summed E-state index contributed by atoms with van der Waals surface area (Å²) in [5, 5.41) is 1.91. The van der Waals surface area contributed by atoms with Gasteiger partial charge in [0.05, 0.1) is 0 Å². The van der Waals surface area contributed by atoms with Crippen molar-refractivity contribution < 1.29 is 0 Å². The molecule has 18 heavy (non-hydrogen) atoms. The third-order valence-electron chi connectivity index (χ3n) is 4.02. The lowest BCUT2D eigenvalue weighted by atomic mass is 9.97. The molecular formula is C15H18N2O. The number of likely N-dealkylation sites (tertiary alicyclic amines) is 1. The molecule has 1 N–H and O–H groups in total. The molecule has 1 unspecified atom stereocenters. The Labute approximate surface area is 106 Å². The Kier molecular flexibility index (Phi) is 2.71. The highest BCUT2D eigenvalue weighted by molar-refractivity contribution is 5.85. The van der Waals surface area contributed by atoms with Crippen molar-refractivity contribution in [3.63, 3.8) is 0 Å². The van der Waals surface area contributed by atoms with E-state index in [1.54, 1.807) is 0 Å². The van der Waals surface area contributed by atoms with Crippen LogP contribution < -0.4 is 5.56 Å². The number of hydrogen-bond donors (Lipinski definition) is 1. The molecule has 1 saturated heterocycles. The van der Waals surface area contributed by atoms with E-state index in [0.29, 0.717) is 6.04 Å². The van der Waals surface area contributed by atoms with Gasteiger partial charge in [0.1, 0.15) is 0 Å². The van der Waals surface area contributed by atoms with E-state index < -0.39 is 0 Å². The Bertz CT molecular complexity index is 644. The molecule has 0 saturated carbocycles. The van der Waals surface area contributed by atoms with Gasteiger partial charge in [-0.05, 0) is 50.4 Å². The quantitative estimate of drug-likeness (QED) is 0.834. The molecule has 94 valence electrons. The van der Waals surface area contributed by atoms with E-state index in [2.05, 4.69) is 23.0 Å². The molecule has 3 heteroatoms. The number of benzene rings is 1. The molecule has 1 atom stereocenters. The number of nitrogens with zero attached hydrogens (tertiary/aromatic N) is 1. The third kappa shape index (κ3) is 1.66. The number of rotatable bonds is 1. The number of hydrogen-bond acceptors (Lipinski definition) is 2. The molecule has 0 spiro atoms. The molecule has 2 heterocycles. The predicted molar refractivity (Wildman–Crippen MR) is 73.9 cm³/mol. The largest absolute Gasteiger partial charge is 0.326 e. The van der Waals surface area contributed by atoms with Crippen LogP contribution in [0, 0.1) is 6.92 Å². The van der Waals surface area contributed by atoms with Crippen LogP contribution in [-0.4, -0.2) is 23.5 Å². The van der Waals surface area contributed by atoms with Crippen molar-refractivity contribution in [2.75, 3.05) is 13.6 Å². The van der Waals surface area contributed by atoms with Crippen LogP contribution in [-0.2, 0) is 0 Å². The minimum absolute atomic E-state index is 0.0208. The molecule has 2 aromatic rings. The Hall–Kier alpha value is -1.61. The van der Waals surface area contributed by atoms with Gasteiger partial charge in [-0.3, -0.25) is 9.69 Å². The van der Waals surface area contributed by atoms with Crippen LogP contribution in [0.2, 0.25) is 0 Å². The van der Waals surface area contributed by atoms with Crippen molar-refractivity contribution in [1.82, 2.24) is 9.88 Å². The van der Waals surface area contributed by atoms with Gasteiger partial charge in [0.25, 0.3) is 5.56 Å². The van der Waals surface area contributed by atoms with Gasteiger partial charge in [0.2, 0.25) is 0 Å². The highest BCUT2D eigenvalue weighted by Gasteiger charge is 2.26. The van der Waals surface area contributed by atoms with Crippen molar-refractivity contribution in [3.8, 4) is 0 Å². The predicted octanol–water partition coefficient (Wildman–Crippen LogP) is 2.60. The molecule has 3 nitrogen and oxygen atoms in total. The Morgan fingerprint density at radius 2 is 2.00 bits per heavy atom. The van der Waals surface area contributed by atoms with Crippen LogP contribution in [0.1, 0.15) is 30.1 Å². The summed E-state index contributed by atoms with van der Waals surface area (Å²) in [6, 6.07) is 8.35. The number of aromatic nitrogens is 1. The molecule has 3 rings (SSSR count). The maximum Gasteiger partial charge on any atom is 0.256 e. The van der Waals surface area contributed by atoms with Gasteiger partial charge >= 0.3 is 0 Å². The molecule has 1 aliphatic heterocycles. The first-order valence-corrected chi connectivity index (χ1v) is 6.50. The zero-order valence-corrected chi connectivity index (χ0v) is 10.9. The van der Waals surface area contributed by atoms with Crippen LogP contribution in [0.4, 0.5) is 0 Å². The molecule has 0 bridgehead atoms. The zero-order chi connectivity index (χ0) is 12.7. The SMILES string of the molecule is Cc1[nH]c(=O)c2ccccc2c1C1CCCN1C. The van der Waals surface area contributed by atoms with E-state index in [9.17, 15) is 4.79 Å². The second kappa shape index (κ2) is 4.25. The summed E-state index contributed by atoms with van der Waals surface area (Å²) in [5.41, 5.74) is 2.33. The van der Waals surface area contributed by atoms with E-state index in [1.165, 1.54) is 18.4 Å². The first kappa shape index (κ1) is 11.5. The average Bonchev–Trinajstić information content (AvgIpc) is 2.76. The molecule has 1 aromatic heterocycles. The van der Waals surface area contributed by atoms with Crippen molar-refractivity contribution >= 4 is 10.8 Å². The molecule has 1 fully saturated rings. The topological polar surface area (TPSA) is 36.1 Å². The minimum Gasteiger partial charge on any atom is -0.326 e. The van der Waals surface area contributed by atoms with E-state index >= 15 is 0 Å². The molecule has 0 amide bonds. The normalized spacial score (nSPS) is 20.7. The smallest absolute Gasteiger partial charge is 0.256 e. The molecule has 0 radical (unpaired) electrons. The number of aromatic amines is 1. The highest BCUT2D eigenvalue weighted by Crippen LogP contribution is 2.35. The second-order valence-corrected chi connectivity index (χ2v) is 5.18. The Balaban J connectivity index is 2.31. The summed E-state index contributed by atoms with van der Waals surface area (Å²) >= 11 is 0. The number of pyridine rings is 1. The Morgan fingerprint density at radius 3 is 2.67 bits per heavy atom. The fourth-order valence-corrected chi connectivity index (χ4v) is 3.13. The number of nitrogens with one attached hydrogen (secondary N) is 1. The van der Waals surface area contributed by atoms with Crippen LogP contribution >= 0.6 is 0 Å². The summed E-state index contributed by atoms with van der Waals surface area (Å²) in [4.78, 5) is 17.4. The average molecular weight is 242 g/mol. The third-order valence-corrected chi connectivity index (χ3v) is 4.02. The van der Waals surface area contributed by atoms with Gasteiger partial charge in [0, 0.05) is 17.1 Å². The fraction of sp³-hybridized carbons (Fsp3) is 0.400. The molecule has 0 aliphatic carbocycles. The summed E-state index contributed by atoms with van der Waals surface area (Å²) in [5.74, 6) is 0. The monoisotopic (exact) mass is 242 g/mol. The summed E-state index contributed by atoms with van der Waals surface area (Å²) in [6.45, 7) is 3.15. The van der Waals surface area contributed by atoms with E-state index in [4.69, 9.17) is 0 Å². The van der Waals surface area contributed by atoms with Gasteiger partial charge < -0.3 is 4.98 Å². The van der Waals surface area contributed by atoms with Gasteiger partial charge in [-0.25, -0.2) is 0 Å². The summed E-state index contributed by atoms with van der Waals surface area (Å²) < 4.78 is 0. The number of H-pyrrole nitrogens is 1. The van der Waals surface area contributed by atoms with Crippen LogP contribution in [0.3, 0.4) is 0 Å². The van der Waals surface area contributed by atoms with Gasteiger partial charge in [-0.2, -0.15) is 0 Å². The lowest BCUT2D eigenvalue weighted by Crippen LogP contribution is -2.21. The van der Waals surface area contributed by atoms with Crippen molar-refractivity contribution in [2.24, 2.45) is 0 Å². The highest BCUT2D eigenvalue weighted by atomic mass is 16.1. The van der Waals surface area contributed by atoms with Gasteiger partial charge in [-0.1, -0.05) is 18.2 Å². The first-order valence-electron chi connectivity index (χ1n) is 6.50. The lowest BCUT2D eigenvalue weighted by Gasteiger charge is -2.23. The van der Waals surface area contributed by atoms with E-state index in [1.807, 2.05) is 25.1 Å². The molecule has 1 aliphatic rings. The molecular weight excluding hydrogens is 224 g/mol. The first-order chi connectivity index (χ1) is 8.68. The lowest BCUT2D eigenvalue weighted by molar-refractivity contribution is 0.317. The van der Waals surface area contributed by atoms with Crippen molar-refractivity contribution in [2.45, 2.75) is 25.8 Å². The summed E-state index contributed by atoms with van der Waals surface area (Å²) in [6.07, 6.45) is 2.40. The van der Waals surface area contributed by atoms with Crippen molar-refractivity contribution in [1.29, 1.82) is 0 Å². The number of fused-ring (bicyclic) bond motifs is 1. The Morgan fingerprint density at radius 1 is 1.28 bits per heavy atom. The van der Waals surface area contributed by atoms with Gasteiger partial charge in [-0.15, -0.1) is 0 Å².